The average molecular weight is 263 g/mol. The van der Waals surface area contributed by atoms with Crippen molar-refractivity contribution in [2.75, 3.05) is 12.4 Å². The van der Waals surface area contributed by atoms with Crippen molar-refractivity contribution in [2.45, 2.75) is 53.0 Å². The van der Waals surface area contributed by atoms with Crippen molar-refractivity contribution in [1.29, 1.82) is 0 Å². The third kappa shape index (κ3) is 3.82. The zero-order chi connectivity index (χ0) is 14.1. The third-order valence-corrected chi connectivity index (χ3v) is 3.76. The molecule has 1 aromatic heterocycles. The second-order valence-electron chi connectivity index (χ2n) is 7.20. The Bertz CT molecular complexity index is 427. The van der Waals surface area contributed by atoms with Gasteiger partial charge in [0.25, 0.3) is 0 Å². The van der Waals surface area contributed by atoms with E-state index in [1.54, 1.807) is 13.4 Å². The van der Waals surface area contributed by atoms with Crippen molar-refractivity contribution in [3.8, 4) is 5.88 Å². The fraction of sp³-hybridized carbons (Fsp3) is 0.733. The summed E-state index contributed by atoms with van der Waals surface area (Å²) in [5, 5.41) is 3.54. The number of ether oxygens (including phenoxy) is 1. The topological polar surface area (TPSA) is 47.0 Å². The van der Waals surface area contributed by atoms with Crippen molar-refractivity contribution >= 4 is 5.82 Å². The molecule has 1 N–H and O–H groups in total. The zero-order valence-electron chi connectivity index (χ0n) is 12.7. The van der Waals surface area contributed by atoms with Gasteiger partial charge in [-0.3, -0.25) is 0 Å². The molecule has 1 aromatic rings. The predicted octanol–water partition coefficient (Wildman–Crippen LogP) is 3.50. The molecule has 1 aliphatic carbocycles. The van der Waals surface area contributed by atoms with E-state index in [4.69, 9.17) is 4.74 Å². The lowest BCUT2D eigenvalue weighted by Gasteiger charge is -2.45. The van der Waals surface area contributed by atoms with E-state index in [9.17, 15) is 0 Å². The first-order valence-corrected chi connectivity index (χ1v) is 6.92. The maximum atomic E-state index is 5.13. The Kier molecular flexibility index (Phi) is 3.70. The van der Waals surface area contributed by atoms with Crippen LogP contribution in [0.15, 0.2) is 12.4 Å². The molecular weight excluding hydrogens is 238 g/mol. The van der Waals surface area contributed by atoms with Crippen LogP contribution in [0.25, 0.3) is 0 Å². The van der Waals surface area contributed by atoms with Crippen LogP contribution >= 0.6 is 0 Å². The molecule has 2 rings (SSSR count). The Morgan fingerprint density at radius 1 is 1.16 bits per heavy atom. The van der Waals surface area contributed by atoms with Crippen LogP contribution in [-0.4, -0.2) is 23.1 Å². The molecule has 1 aliphatic rings. The fourth-order valence-electron chi connectivity index (χ4n) is 3.69. The second kappa shape index (κ2) is 4.99. The molecule has 0 spiro atoms. The number of hydrogen-bond acceptors (Lipinski definition) is 4. The number of nitrogens with one attached hydrogen (secondary N) is 1. The second-order valence-corrected chi connectivity index (χ2v) is 7.20. The van der Waals surface area contributed by atoms with Crippen molar-refractivity contribution in [2.24, 2.45) is 10.8 Å². The van der Waals surface area contributed by atoms with Gasteiger partial charge in [-0.2, -0.15) is 0 Å². The van der Waals surface area contributed by atoms with E-state index in [0.29, 0.717) is 22.8 Å². The van der Waals surface area contributed by atoms with Gasteiger partial charge in [-0.15, -0.1) is 0 Å². The molecule has 106 valence electrons. The van der Waals surface area contributed by atoms with Crippen LogP contribution in [0.5, 0.6) is 5.88 Å². The summed E-state index contributed by atoms with van der Waals surface area (Å²) in [6, 6.07) is 2.31. The molecule has 0 amide bonds. The number of methoxy groups -OCH3 is 1. The van der Waals surface area contributed by atoms with E-state index in [2.05, 4.69) is 43.0 Å². The SMILES string of the molecule is COc1cc(NC2CC(C)(C)CC(C)(C)C2)ncn1. The van der Waals surface area contributed by atoms with Crippen LogP contribution in [0.2, 0.25) is 0 Å². The van der Waals surface area contributed by atoms with Gasteiger partial charge in [0.15, 0.2) is 0 Å². The highest BCUT2D eigenvalue weighted by atomic mass is 16.5. The van der Waals surface area contributed by atoms with Gasteiger partial charge < -0.3 is 10.1 Å². The molecule has 4 heteroatoms. The van der Waals surface area contributed by atoms with Gasteiger partial charge in [-0.25, -0.2) is 9.97 Å². The van der Waals surface area contributed by atoms with Crippen LogP contribution in [-0.2, 0) is 0 Å². The highest BCUT2D eigenvalue weighted by Crippen LogP contribution is 2.46. The molecule has 1 fully saturated rings. The number of nitrogens with zero attached hydrogens (tertiary/aromatic N) is 2. The summed E-state index contributed by atoms with van der Waals surface area (Å²) in [6.45, 7) is 9.40. The van der Waals surface area contributed by atoms with E-state index >= 15 is 0 Å². The molecule has 0 aliphatic heterocycles. The Balaban J connectivity index is 2.09. The summed E-state index contributed by atoms with van der Waals surface area (Å²) in [7, 11) is 1.62. The first-order valence-electron chi connectivity index (χ1n) is 6.92. The average Bonchev–Trinajstić information content (AvgIpc) is 2.24. The van der Waals surface area contributed by atoms with Gasteiger partial charge in [0, 0.05) is 12.1 Å². The molecule has 0 bridgehead atoms. The largest absolute Gasteiger partial charge is 0.481 e. The normalized spacial score (nSPS) is 21.9. The number of anilines is 1. The van der Waals surface area contributed by atoms with Crippen molar-refractivity contribution in [3.05, 3.63) is 12.4 Å². The lowest BCUT2D eigenvalue weighted by atomic mass is 9.63. The van der Waals surface area contributed by atoms with E-state index in [-0.39, 0.29) is 0 Å². The van der Waals surface area contributed by atoms with Gasteiger partial charge in [0.05, 0.1) is 7.11 Å². The van der Waals surface area contributed by atoms with Gasteiger partial charge in [0.2, 0.25) is 5.88 Å². The number of aromatic nitrogens is 2. The first-order chi connectivity index (χ1) is 8.80. The number of rotatable bonds is 3. The van der Waals surface area contributed by atoms with E-state index in [0.717, 1.165) is 5.82 Å². The fourth-order valence-corrected chi connectivity index (χ4v) is 3.69. The van der Waals surface area contributed by atoms with Crippen molar-refractivity contribution in [3.63, 3.8) is 0 Å². The summed E-state index contributed by atoms with van der Waals surface area (Å²) in [4.78, 5) is 8.31. The summed E-state index contributed by atoms with van der Waals surface area (Å²) >= 11 is 0. The lowest BCUT2D eigenvalue weighted by Crippen LogP contribution is -2.40. The van der Waals surface area contributed by atoms with Gasteiger partial charge in [0.1, 0.15) is 12.1 Å². The Hall–Kier alpha value is -1.32. The Morgan fingerprint density at radius 2 is 1.79 bits per heavy atom. The minimum Gasteiger partial charge on any atom is -0.481 e. The maximum absolute atomic E-state index is 5.13. The maximum Gasteiger partial charge on any atom is 0.218 e. The summed E-state index contributed by atoms with van der Waals surface area (Å²) in [6.07, 6.45) is 5.15. The molecule has 0 saturated heterocycles. The molecule has 0 unspecified atom stereocenters. The van der Waals surface area contributed by atoms with Crippen molar-refractivity contribution in [1.82, 2.24) is 9.97 Å². The molecule has 1 heterocycles. The van der Waals surface area contributed by atoms with Crippen LogP contribution in [0.4, 0.5) is 5.82 Å². The predicted molar refractivity (Wildman–Crippen MR) is 77.4 cm³/mol. The lowest BCUT2D eigenvalue weighted by molar-refractivity contribution is 0.105. The van der Waals surface area contributed by atoms with Gasteiger partial charge in [-0.1, -0.05) is 27.7 Å². The van der Waals surface area contributed by atoms with Crippen LogP contribution in [0.3, 0.4) is 0 Å². The molecule has 1 saturated carbocycles. The highest BCUT2D eigenvalue weighted by Gasteiger charge is 2.38. The van der Waals surface area contributed by atoms with E-state index < -0.39 is 0 Å². The van der Waals surface area contributed by atoms with Crippen LogP contribution in [0.1, 0.15) is 47.0 Å². The third-order valence-electron chi connectivity index (χ3n) is 3.76. The van der Waals surface area contributed by atoms with E-state index in [1.165, 1.54) is 19.3 Å². The highest BCUT2D eigenvalue weighted by molar-refractivity contribution is 5.38. The monoisotopic (exact) mass is 263 g/mol. The number of hydrogen-bond donors (Lipinski definition) is 1. The summed E-state index contributed by atoms with van der Waals surface area (Å²) in [5.74, 6) is 1.46. The van der Waals surface area contributed by atoms with Crippen LogP contribution in [0, 0.1) is 10.8 Å². The smallest absolute Gasteiger partial charge is 0.218 e. The Morgan fingerprint density at radius 3 is 2.37 bits per heavy atom. The molecule has 19 heavy (non-hydrogen) atoms. The standard InChI is InChI=1S/C15H25N3O/c1-14(2)7-11(8-15(3,4)9-14)18-12-6-13(19-5)17-10-16-12/h6,10-11H,7-9H2,1-5H3,(H,16,17,18). The Labute approximate surface area is 116 Å². The minimum absolute atomic E-state index is 0.372. The summed E-state index contributed by atoms with van der Waals surface area (Å²) in [5.41, 5.74) is 0.743. The molecule has 0 radical (unpaired) electrons. The van der Waals surface area contributed by atoms with Gasteiger partial charge in [-0.05, 0) is 30.1 Å². The van der Waals surface area contributed by atoms with Crippen LogP contribution < -0.4 is 10.1 Å². The summed E-state index contributed by atoms with van der Waals surface area (Å²) < 4.78 is 5.13. The first kappa shape index (κ1) is 14.1. The molecule has 4 nitrogen and oxygen atoms in total. The zero-order valence-corrected chi connectivity index (χ0v) is 12.7. The van der Waals surface area contributed by atoms with Crippen molar-refractivity contribution < 1.29 is 4.74 Å². The molecule has 0 aromatic carbocycles. The molecule has 0 atom stereocenters. The quantitative estimate of drug-likeness (QED) is 0.906. The van der Waals surface area contributed by atoms with Gasteiger partial charge >= 0.3 is 0 Å². The van der Waals surface area contributed by atoms with E-state index in [1.807, 2.05) is 6.07 Å². The molecular formula is C15H25N3O. The minimum atomic E-state index is 0.372.